The van der Waals surface area contributed by atoms with Gasteiger partial charge in [0.15, 0.2) is 0 Å². The number of hydrogen-bond acceptors (Lipinski definition) is 4. The van der Waals surface area contributed by atoms with Gasteiger partial charge in [-0.1, -0.05) is 33.6 Å². The molecule has 0 bridgehead atoms. The van der Waals surface area contributed by atoms with Crippen molar-refractivity contribution in [3.63, 3.8) is 0 Å². The summed E-state index contributed by atoms with van der Waals surface area (Å²) in [6, 6.07) is 0.396. The molecular formula is C17H36N2O2. The number of hydrogen-bond donors (Lipinski definition) is 2. The molecule has 21 heavy (non-hydrogen) atoms. The minimum Gasteiger partial charge on any atom is -0.389 e. The molecule has 1 aliphatic rings. The second-order valence-electron chi connectivity index (χ2n) is 6.58. The van der Waals surface area contributed by atoms with Crippen LogP contribution in [0.2, 0.25) is 0 Å². The highest BCUT2D eigenvalue weighted by Gasteiger charge is 2.22. The third-order valence-corrected chi connectivity index (χ3v) is 4.66. The fourth-order valence-corrected chi connectivity index (χ4v) is 3.09. The lowest BCUT2D eigenvalue weighted by atomic mass is 9.88. The van der Waals surface area contributed by atoms with Crippen molar-refractivity contribution in [3.8, 4) is 0 Å². The summed E-state index contributed by atoms with van der Waals surface area (Å²) < 4.78 is 5.91. The van der Waals surface area contributed by atoms with Crippen molar-refractivity contribution in [2.24, 2.45) is 5.92 Å². The molecule has 1 aliphatic carbocycles. The number of ether oxygens (including phenoxy) is 1. The van der Waals surface area contributed by atoms with Crippen LogP contribution in [0.25, 0.3) is 0 Å². The molecule has 4 nitrogen and oxygen atoms in total. The summed E-state index contributed by atoms with van der Waals surface area (Å²) in [6.45, 7) is 13.1. The van der Waals surface area contributed by atoms with Crippen molar-refractivity contribution in [1.29, 1.82) is 0 Å². The first-order valence-electron chi connectivity index (χ1n) is 8.82. The smallest absolute Gasteiger partial charge is 0.0897 e. The summed E-state index contributed by atoms with van der Waals surface area (Å²) in [5.41, 5.74) is 0. The highest BCUT2D eigenvalue weighted by molar-refractivity contribution is 4.74. The fourth-order valence-electron chi connectivity index (χ4n) is 3.09. The third kappa shape index (κ3) is 7.59. The Kier molecular flexibility index (Phi) is 9.49. The van der Waals surface area contributed by atoms with Crippen LogP contribution in [0.4, 0.5) is 0 Å². The third-order valence-electron chi connectivity index (χ3n) is 4.66. The van der Waals surface area contributed by atoms with Crippen LogP contribution in [-0.4, -0.2) is 61.0 Å². The van der Waals surface area contributed by atoms with E-state index in [0.717, 1.165) is 26.1 Å². The number of nitrogens with zero attached hydrogens (tertiary/aromatic N) is 1. The van der Waals surface area contributed by atoms with E-state index in [2.05, 4.69) is 37.9 Å². The molecule has 0 spiro atoms. The largest absolute Gasteiger partial charge is 0.389 e. The van der Waals surface area contributed by atoms with E-state index in [1.165, 1.54) is 19.3 Å². The van der Waals surface area contributed by atoms with E-state index >= 15 is 0 Å². The quantitative estimate of drug-likeness (QED) is 0.649. The summed E-state index contributed by atoms with van der Waals surface area (Å²) in [5, 5.41) is 13.5. The highest BCUT2D eigenvalue weighted by atomic mass is 16.5. The molecule has 0 aliphatic heterocycles. The molecule has 0 aromatic rings. The van der Waals surface area contributed by atoms with Crippen molar-refractivity contribution < 1.29 is 9.84 Å². The Labute approximate surface area is 131 Å². The Morgan fingerprint density at radius 2 is 1.90 bits per heavy atom. The van der Waals surface area contributed by atoms with Crippen LogP contribution in [-0.2, 0) is 4.74 Å². The molecule has 2 N–H and O–H groups in total. The van der Waals surface area contributed by atoms with Crippen LogP contribution in [0.1, 0.15) is 53.4 Å². The summed E-state index contributed by atoms with van der Waals surface area (Å²) in [5.74, 6) is 0.639. The van der Waals surface area contributed by atoms with Crippen LogP contribution in [0, 0.1) is 5.92 Å². The molecule has 0 aromatic heterocycles. The lowest BCUT2D eigenvalue weighted by molar-refractivity contribution is -0.0456. The minimum absolute atomic E-state index is 0.349. The van der Waals surface area contributed by atoms with Gasteiger partial charge in [-0.3, -0.25) is 0 Å². The van der Waals surface area contributed by atoms with E-state index in [-0.39, 0.29) is 0 Å². The van der Waals surface area contributed by atoms with Crippen molar-refractivity contribution in [3.05, 3.63) is 0 Å². The Morgan fingerprint density at radius 1 is 1.24 bits per heavy atom. The van der Waals surface area contributed by atoms with Crippen molar-refractivity contribution in [2.75, 3.05) is 32.8 Å². The van der Waals surface area contributed by atoms with Gasteiger partial charge in [0.2, 0.25) is 0 Å². The SMILES string of the molecule is CCN(CC)CC(C)NCC(O)COC1CCCCC1C. The maximum atomic E-state index is 10.1. The zero-order valence-corrected chi connectivity index (χ0v) is 14.5. The first-order chi connectivity index (χ1) is 10.1. The normalized spacial score (nSPS) is 26.0. The van der Waals surface area contributed by atoms with E-state index in [1.807, 2.05) is 0 Å². The molecule has 0 heterocycles. The van der Waals surface area contributed by atoms with E-state index < -0.39 is 6.10 Å². The predicted octanol–water partition coefficient (Wildman–Crippen LogP) is 2.26. The van der Waals surface area contributed by atoms with Gasteiger partial charge in [-0.25, -0.2) is 0 Å². The van der Waals surface area contributed by atoms with Gasteiger partial charge >= 0.3 is 0 Å². The minimum atomic E-state index is -0.404. The Bertz CT molecular complexity index is 259. The maximum absolute atomic E-state index is 10.1. The molecule has 126 valence electrons. The second kappa shape index (κ2) is 10.5. The number of aliphatic hydroxyl groups is 1. The Hall–Kier alpha value is -0.160. The van der Waals surface area contributed by atoms with Crippen LogP contribution in [0.3, 0.4) is 0 Å². The fraction of sp³-hybridized carbons (Fsp3) is 1.00. The van der Waals surface area contributed by atoms with Gasteiger partial charge in [-0.05, 0) is 38.8 Å². The average molecular weight is 300 g/mol. The molecule has 0 amide bonds. The van der Waals surface area contributed by atoms with E-state index in [4.69, 9.17) is 4.74 Å². The zero-order chi connectivity index (χ0) is 15.7. The number of nitrogens with one attached hydrogen (secondary N) is 1. The lowest BCUT2D eigenvalue weighted by Gasteiger charge is -2.30. The molecular weight excluding hydrogens is 264 g/mol. The topological polar surface area (TPSA) is 44.7 Å². The number of likely N-dealkylation sites (N-methyl/N-ethyl adjacent to an activating group) is 1. The summed E-state index contributed by atoms with van der Waals surface area (Å²) in [6.07, 6.45) is 4.96. The lowest BCUT2D eigenvalue weighted by Crippen LogP contribution is -2.43. The van der Waals surface area contributed by atoms with Crippen LogP contribution >= 0.6 is 0 Å². The molecule has 4 atom stereocenters. The van der Waals surface area contributed by atoms with E-state index in [1.54, 1.807) is 0 Å². The predicted molar refractivity (Wildman–Crippen MR) is 88.6 cm³/mol. The van der Waals surface area contributed by atoms with Gasteiger partial charge in [0.25, 0.3) is 0 Å². The first-order valence-corrected chi connectivity index (χ1v) is 8.82. The highest BCUT2D eigenvalue weighted by Crippen LogP contribution is 2.26. The second-order valence-corrected chi connectivity index (χ2v) is 6.58. The van der Waals surface area contributed by atoms with Gasteiger partial charge in [-0.2, -0.15) is 0 Å². The molecule has 1 saturated carbocycles. The van der Waals surface area contributed by atoms with Crippen LogP contribution in [0.15, 0.2) is 0 Å². The van der Waals surface area contributed by atoms with Gasteiger partial charge in [-0.15, -0.1) is 0 Å². The summed E-state index contributed by atoms with van der Waals surface area (Å²) >= 11 is 0. The number of aliphatic hydroxyl groups excluding tert-OH is 1. The first kappa shape index (κ1) is 18.9. The molecule has 0 radical (unpaired) electrons. The molecule has 4 heteroatoms. The molecule has 1 fully saturated rings. The van der Waals surface area contributed by atoms with Crippen LogP contribution in [0.5, 0.6) is 0 Å². The van der Waals surface area contributed by atoms with Crippen LogP contribution < -0.4 is 5.32 Å². The standard InChI is InChI=1S/C17H36N2O2/c1-5-19(6-2)12-15(4)18-11-16(20)13-21-17-10-8-7-9-14(17)3/h14-18,20H,5-13H2,1-4H3. The zero-order valence-electron chi connectivity index (χ0n) is 14.5. The monoisotopic (exact) mass is 300 g/mol. The van der Waals surface area contributed by atoms with E-state index in [9.17, 15) is 5.11 Å². The van der Waals surface area contributed by atoms with Gasteiger partial charge in [0, 0.05) is 19.1 Å². The van der Waals surface area contributed by atoms with Crippen molar-refractivity contribution in [1.82, 2.24) is 10.2 Å². The summed E-state index contributed by atoms with van der Waals surface area (Å²) in [7, 11) is 0. The van der Waals surface area contributed by atoms with E-state index in [0.29, 0.717) is 31.2 Å². The Morgan fingerprint density at radius 3 is 2.52 bits per heavy atom. The van der Waals surface area contributed by atoms with Gasteiger partial charge in [0.1, 0.15) is 0 Å². The van der Waals surface area contributed by atoms with Crippen molar-refractivity contribution in [2.45, 2.75) is 71.6 Å². The molecule has 0 aromatic carbocycles. The molecule has 1 rings (SSSR count). The van der Waals surface area contributed by atoms with Gasteiger partial charge < -0.3 is 20.1 Å². The number of rotatable bonds is 10. The Balaban J connectivity index is 2.14. The average Bonchev–Trinajstić information content (AvgIpc) is 2.49. The maximum Gasteiger partial charge on any atom is 0.0897 e. The summed E-state index contributed by atoms with van der Waals surface area (Å²) in [4.78, 5) is 2.39. The van der Waals surface area contributed by atoms with Gasteiger partial charge in [0.05, 0.1) is 18.8 Å². The molecule has 0 saturated heterocycles. The molecule has 4 unspecified atom stereocenters. The van der Waals surface area contributed by atoms with Crippen molar-refractivity contribution >= 4 is 0 Å².